The number of benzene rings is 1. The summed E-state index contributed by atoms with van der Waals surface area (Å²) >= 11 is 1.44. The number of anilines is 2. The second-order valence-electron chi connectivity index (χ2n) is 8.71. The minimum Gasteiger partial charge on any atom is -0.341 e. The van der Waals surface area contributed by atoms with Crippen LogP contribution in [0.15, 0.2) is 23.4 Å². The number of nitro benzene ring substituents is 1. The fraction of sp³-hybridized carbons (Fsp3) is 0.571. The predicted octanol–water partition coefficient (Wildman–Crippen LogP) is 3.44. The molecule has 1 amide bonds. The van der Waals surface area contributed by atoms with Crippen molar-refractivity contribution in [2.75, 3.05) is 35.2 Å². The highest BCUT2D eigenvalue weighted by Gasteiger charge is 2.33. The fourth-order valence-electron chi connectivity index (χ4n) is 4.41. The largest absolute Gasteiger partial charge is 0.341 e. The Morgan fingerprint density at radius 3 is 2.68 bits per heavy atom. The number of rotatable bonds is 6. The number of amides is 1. The van der Waals surface area contributed by atoms with Crippen LogP contribution in [0.25, 0.3) is 0 Å². The molecule has 10 heteroatoms. The van der Waals surface area contributed by atoms with Crippen molar-refractivity contribution in [1.82, 2.24) is 14.8 Å². The van der Waals surface area contributed by atoms with Crippen molar-refractivity contribution in [3.63, 3.8) is 0 Å². The van der Waals surface area contributed by atoms with Crippen molar-refractivity contribution >= 4 is 35.0 Å². The van der Waals surface area contributed by atoms with Crippen molar-refractivity contribution in [2.45, 2.75) is 50.2 Å². The summed E-state index contributed by atoms with van der Waals surface area (Å²) < 4.78 is 2.23. The third-order valence-electron chi connectivity index (χ3n) is 6.42. The number of carbonyl (C=O) groups excluding carboxylic acids is 1. The van der Waals surface area contributed by atoms with Crippen molar-refractivity contribution < 1.29 is 9.72 Å². The molecule has 3 heterocycles. The molecule has 0 N–H and O–H groups in total. The van der Waals surface area contributed by atoms with Gasteiger partial charge in [-0.1, -0.05) is 18.7 Å². The average molecular weight is 443 g/mol. The van der Waals surface area contributed by atoms with Gasteiger partial charge in [-0.05, 0) is 49.7 Å². The van der Waals surface area contributed by atoms with Gasteiger partial charge in [-0.3, -0.25) is 19.5 Å². The van der Waals surface area contributed by atoms with E-state index in [1.54, 1.807) is 17.0 Å². The Morgan fingerprint density at radius 1 is 1.19 bits per heavy atom. The summed E-state index contributed by atoms with van der Waals surface area (Å²) in [5.74, 6) is 1.97. The summed E-state index contributed by atoms with van der Waals surface area (Å²) in [5, 5.41) is 20.7. The van der Waals surface area contributed by atoms with E-state index in [-0.39, 0.29) is 17.3 Å². The van der Waals surface area contributed by atoms with Gasteiger partial charge in [0, 0.05) is 43.5 Å². The van der Waals surface area contributed by atoms with Crippen LogP contribution in [0.3, 0.4) is 0 Å². The van der Waals surface area contributed by atoms with Crippen LogP contribution in [0.4, 0.5) is 17.3 Å². The summed E-state index contributed by atoms with van der Waals surface area (Å²) in [7, 11) is 0. The van der Waals surface area contributed by atoms with Crippen LogP contribution in [0.2, 0.25) is 0 Å². The molecule has 0 atom stereocenters. The molecule has 3 aliphatic rings. The smallest absolute Gasteiger partial charge is 0.269 e. The Hall–Kier alpha value is -2.62. The number of hydrogen-bond acceptors (Lipinski definition) is 7. The number of hydrogen-bond donors (Lipinski definition) is 0. The first-order chi connectivity index (χ1) is 15.0. The highest BCUT2D eigenvalue weighted by Crippen LogP contribution is 2.41. The molecule has 0 radical (unpaired) electrons. The van der Waals surface area contributed by atoms with Gasteiger partial charge < -0.3 is 9.80 Å². The quantitative estimate of drug-likeness (QED) is 0.384. The minimum atomic E-state index is -0.397. The maximum atomic E-state index is 12.9. The summed E-state index contributed by atoms with van der Waals surface area (Å²) in [6.07, 6.45) is 5.25. The monoisotopic (exact) mass is 442 g/mol. The molecule has 2 aromatic rings. The molecule has 9 nitrogen and oxygen atoms in total. The lowest BCUT2D eigenvalue weighted by Crippen LogP contribution is -2.34. The van der Waals surface area contributed by atoms with E-state index in [4.69, 9.17) is 0 Å². The summed E-state index contributed by atoms with van der Waals surface area (Å²) in [6.45, 7) is 4.87. The predicted molar refractivity (Wildman–Crippen MR) is 119 cm³/mol. The van der Waals surface area contributed by atoms with Crippen molar-refractivity contribution in [3.8, 4) is 0 Å². The lowest BCUT2D eigenvalue weighted by Gasteiger charge is -2.31. The van der Waals surface area contributed by atoms with Crippen LogP contribution in [-0.4, -0.2) is 51.0 Å². The highest BCUT2D eigenvalue weighted by molar-refractivity contribution is 7.99. The van der Waals surface area contributed by atoms with Crippen molar-refractivity contribution in [1.29, 1.82) is 0 Å². The number of nitrogens with zero attached hydrogens (tertiary/aromatic N) is 6. The van der Waals surface area contributed by atoms with Crippen LogP contribution in [-0.2, 0) is 11.2 Å². The zero-order chi connectivity index (χ0) is 21.5. The average Bonchev–Trinajstić information content (AvgIpc) is 3.37. The second kappa shape index (κ2) is 8.14. The van der Waals surface area contributed by atoms with Gasteiger partial charge in [-0.15, -0.1) is 10.2 Å². The zero-order valence-electron chi connectivity index (χ0n) is 17.6. The third kappa shape index (κ3) is 4.00. The molecule has 0 unspecified atom stereocenters. The number of fused-ring (bicyclic) bond motifs is 1. The molecular weight excluding hydrogens is 416 g/mol. The molecule has 5 rings (SSSR count). The van der Waals surface area contributed by atoms with Crippen molar-refractivity contribution in [3.05, 3.63) is 33.9 Å². The van der Waals surface area contributed by atoms with Gasteiger partial charge in [0.15, 0.2) is 5.16 Å². The van der Waals surface area contributed by atoms with Gasteiger partial charge in [-0.25, -0.2) is 0 Å². The molecule has 0 spiro atoms. The second-order valence-corrected chi connectivity index (χ2v) is 9.65. The Balaban J connectivity index is 1.28. The molecule has 31 heavy (non-hydrogen) atoms. The highest BCUT2D eigenvalue weighted by atomic mass is 32.2. The van der Waals surface area contributed by atoms with Crippen LogP contribution in [0, 0.1) is 16.0 Å². The standard InChI is InChI=1S/C21H26N6O3S/c1-14-6-9-24(10-7-14)20-22-23-21(26(20)16-2-3-16)31-13-19(28)25-11-8-15-12-17(27(29)30)4-5-18(15)25/h4-5,12,14,16H,2-3,6-11,13H2,1H3. The molecule has 2 fully saturated rings. The van der Waals surface area contributed by atoms with Crippen LogP contribution in [0.1, 0.15) is 44.2 Å². The van der Waals surface area contributed by atoms with E-state index in [2.05, 4.69) is 26.6 Å². The molecule has 1 saturated heterocycles. The third-order valence-corrected chi connectivity index (χ3v) is 7.35. The molecule has 164 valence electrons. The van der Waals surface area contributed by atoms with Gasteiger partial charge >= 0.3 is 0 Å². The van der Waals surface area contributed by atoms with Gasteiger partial charge in [-0.2, -0.15) is 0 Å². The number of non-ortho nitro benzene ring substituents is 1. The van der Waals surface area contributed by atoms with E-state index in [0.717, 1.165) is 54.2 Å². The maximum Gasteiger partial charge on any atom is 0.269 e. The van der Waals surface area contributed by atoms with Gasteiger partial charge in [0.2, 0.25) is 11.9 Å². The topological polar surface area (TPSA) is 97.4 Å². The minimum absolute atomic E-state index is 0.00343. The molecule has 1 aliphatic carbocycles. The summed E-state index contributed by atoms with van der Waals surface area (Å²) in [5.41, 5.74) is 1.71. The van der Waals surface area contributed by atoms with E-state index >= 15 is 0 Å². The Bertz CT molecular complexity index is 1010. The molecular formula is C21H26N6O3S. The maximum absolute atomic E-state index is 12.9. The van der Waals surface area contributed by atoms with E-state index in [1.165, 1.54) is 30.7 Å². The first-order valence-electron chi connectivity index (χ1n) is 10.9. The SMILES string of the molecule is CC1CCN(c2nnc(SCC(=O)N3CCc4cc([N+](=O)[O-])ccc43)n2C2CC2)CC1. The molecule has 1 aromatic heterocycles. The van der Waals surface area contributed by atoms with Crippen LogP contribution in [0.5, 0.6) is 0 Å². The molecule has 1 saturated carbocycles. The number of aromatic nitrogens is 3. The Labute approximate surface area is 184 Å². The lowest BCUT2D eigenvalue weighted by atomic mass is 10.00. The normalized spacial score (nSPS) is 19.0. The van der Waals surface area contributed by atoms with Gasteiger partial charge in [0.1, 0.15) is 0 Å². The number of piperidine rings is 1. The Kier molecular flexibility index (Phi) is 5.33. The van der Waals surface area contributed by atoms with E-state index < -0.39 is 4.92 Å². The van der Waals surface area contributed by atoms with Crippen LogP contribution >= 0.6 is 11.8 Å². The zero-order valence-corrected chi connectivity index (χ0v) is 18.4. The van der Waals surface area contributed by atoms with E-state index in [9.17, 15) is 14.9 Å². The van der Waals surface area contributed by atoms with Crippen molar-refractivity contribution in [2.24, 2.45) is 5.92 Å². The summed E-state index contributed by atoms with van der Waals surface area (Å²) in [6, 6.07) is 5.17. The number of carbonyl (C=O) groups is 1. The fourth-order valence-corrected chi connectivity index (χ4v) is 5.29. The molecule has 0 bridgehead atoms. The molecule has 2 aliphatic heterocycles. The number of nitro groups is 1. The first kappa shape index (κ1) is 20.3. The number of thioether (sulfide) groups is 1. The first-order valence-corrected chi connectivity index (χ1v) is 11.9. The van der Waals surface area contributed by atoms with E-state index in [0.29, 0.717) is 19.0 Å². The molecule has 1 aromatic carbocycles. The van der Waals surface area contributed by atoms with Gasteiger partial charge in [0.05, 0.1) is 10.7 Å². The summed E-state index contributed by atoms with van der Waals surface area (Å²) in [4.78, 5) is 27.6. The Morgan fingerprint density at radius 2 is 1.97 bits per heavy atom. The van der Waals surface area contributed by atoms with Gasteiger partial charge in [0.25, 0.3) is 5.69 Å². The van der Waals surface area contributed by atoms with Crippen LogP contribution < -0.4 is 9.80 Å². The van der Waals surface area contributed by atoms with E-state index in [1.807, 2.05) is 0 Å². The lowest BCUT2D eigenvalue weighted by molar-refractivity contribution is -0.384.